The molecule has 0 spiro atoms. The maximum absolute atomic E-state index is 11.1. The first-order valence-electron chi connectivity index (χ1n) is 5.90. The average Bonchev–Trinajstić information content (AvgIpc) is 2.37. The molecule has 1 heterocycles. The molecule has 6 heteroatoms. The van der Waals surface area contributed by atoms with Gasteiger partial charge >= 0.3 is 5.97 Å². The highest BCUT2D eigenvalue weighted by atomic mass is 32.2. The van der Waals surface area contributed by atoms with Crippen molar-refractivity contribution in [3.63, 3.8) is 0 Å². The molecule has 0 bridgehead atoms. The number of carbonyl (C=O) groups excluding carboxylic acids is 1. The number of thioether (sulfide) groups is 1. The zero-order valence-electron chi connectivity index (χ0n) is 11.3. The summed E-state index contributed by atoms with van der Waals surface area (Å²) in [6, 6.07) is 1.95. The number of ether oxygens (including phenoxy) is 1. The zero-order chi connectivity index (χ0) is 13.5. The molecule has 0 saturated carbocycles. The number of aryl methyl sites for hydroxylation is 1. The van der Waals surface area contributed by atoms with E-state index in [-0.39, 0.29) is 11.7 Å². The van der Waals surface area contributed by atoms with Gasteiger partial charge in [0, 0.05) is 24.8 Å². The fourth-order valence-corrected chi connectivity index (χ4v) is 2.21. The van der Waals surface area contributed by atoms with Gasteiger partial charge < -0.3 is 9.64 Å². The molecular formula is C12H19N3O2S. The minimum absolute atomic E-state index is 0.234. The minimum Gasteiger partial charge on any atom is -0.468 e. The Morgan fingerprint density at radius 3 is 2.61 bits per heavy atom. The van der Waals surface area contributed by atoms with E-state index in [1.54, 1.807) is 0 Å². The topological polar surface area (TPSA) is 55.3 Å². The Morgan fingerprint density at radius 1 is 1.39 bits per heavy atom. The third-order valence-corrected chi connectivity index (χ3v) is 3.28. The molecule has 100 valence electrons. The van der Waals surface area contributed by atoms with E-state index in [0.29, 0.717) is 5.16 Å². The lowest BCUT2D eigenvalue weighted by Gasteiger charge is -2.20. The normalized spacial score (nSPS) is 10.2. The molecule has 0 atom stereocenters. The van der Waals surface area contributed by atoms with Crippen molar-refractivity contribution >= 4 is 23.5 Å². The molecule has 0 aliphatic rings. The van der Waals surface area contributed by atoms with Crippen molar-refractivity contribution in [3.8, 4) is 0 Å². The summed E-state index contributed by atoms with van der Waals surface area (Å²) in [5, 5.41) is 0.613. The molecule has 0 N–H and O–H groups in total. The Bertz CT molecular complexity index is 408. The van der Waals surface area contributed by atoms with E-state index in [1.165, 1.54) is 18.9 Å². The molecule has 5 nitrogen and oxygen atoms in total. The van der Waals surface area contributed by atoms with Crippen molar-refractivity contribution in [2.45, 2.75) is 25.9 Å². The summed E-state index contributed by atoms with van der Waals surface area (Å²) in [6.45, 7) is 7.89. The molecule has 0 saturated heterocycles. The quantitative estimate of drug-likeness (QED) is 0.446. The Hall–Kier alpha value is -1.30. The van der Waals surface area contributed by atoms with Crippen LogP contribution in [0.3, 0.4) is 0 Å². The van der Waals surface area contributed by atoms with Gasteiger partial charge in [0.2, 0.25) is 0 Å². The summed E-state index contributed by atoms with van der Waals surface area (Å²) >= 11 is 1.30. The maximum atomic E-state index is 11.1. The fraction of sp³-hybridized carbons (Fsp3) is 0.583. The van der Waals surface area contributed by atoms with Crippen molar-refractivity contribution in [1.82, 2.24) is 9.97 Å². The minimum atomic E-state index is -0.269. The molecule has 1 rings (SSSR count). The van der Waals surface area contributed by atoms with Gasteiger partial charge in [0.15, 0.2) is 5.16 Å². The summed E-state index contributed by atoms with van der Waals surface area (Å²) in [4.78, 5) is 22.0. The Kier molecular flexibility index (Phi) is 5.91. The average molecular weight is 269 g/mol. The first-order valence-corrected chi connectivity index (χ1v) is 6.89. The van der Waals surface area contributed by atoms with Crippen LogP contribution in [-0.4, -0.2) is 41.9 Å². The zero-order valence-corrected chi connectivity index (χ0v) is 12.1. The Morgan fingerprint density at radius 2 is 2.06 bits per heavy atom. The highest BCUT2D eigenvalue weighted by Gasteiger charge is 2.09. The number of hydrogen-bond donors (Lipinski definition) is 0. The van der Waals surface area contributed by atoms with Crippen LogP contribution in [0.25, 0.3) is 0 Å². The fourth-order valence-electron chi connectivity index (χ4n) is 1.48. The maximum Gasteiger partial charge on any atom is 0.316 e. The SMILES string of the molecule is CCN(CC)c1cc(C)nc(SCC(=O)OC)n1. The van der Waals surface area contributed by atoms with Crippen LogP contribution in [0, 0.1) is 6.92 Å². The summed E-state index contributed by atoms with van der Waals surface area (Å²) in [6.07, 6.45) is 0. The summed E-state index contributed by atoms with van der Waals surface area (Å²) in [7, 11) is 1.38. The molecule has 0 aliphatic carbocycles. The predicted molar refractivity (Wildman–Crippen MR) is 73.1 cm³/mol. The number of esters is 1. The van der Waals surface area contributed by atoms with E-state index in [2.05, 4.69) is 33.5 Å². The van der Waals surface area contributed by atoms with E-state index in [1.807, 2.05) is 13.0 Å². The molecule has 18 heavy (non-hydrogen) atoms. The molecule has 0 aromatic carbocycles. The van der Waals surface area contributed by atoms with Crippen molar-refractivity contribution in [1.29, 1.82) is 0 Å². The molecule has 1 aromatic heterocycles. The first kappa shape index (κ1) is 14.8. The lowest BCUT2D eigenvalue weighted by atomic mass is 10.4. The number of hydrogen-bond acceptors (Lipinski definition) is 6. The summed E-state index contributed by atoms with van der Waals surface area (Å²) in [5.74, 6) is 0.867. The third-order valence-electron chi connectivity index (χ3n) is 2.45. The Balaban J connectivity index is 2.83. The predicted octanol–water partition coefficient (Wildman–Crippen LogP) is 1.90. The number of aromatic nitrogens is 2. The number of anilines is 1. The molecule has 1 aromatic rings. The molecular weight excluding hydrogens is 250 g/mol. The van der Waals surface area contributed by atoms with Crippen molar-refractivity contribution in [2.75, 3.05) is 30.9 Å². The van der Waals surface area contributed by atoms with E-state index in [9.17, 15) is 4.79 Å². The van der Waals surface area contributed by atoms with Crippen LogP contribution in [0.15, 0.2) is 11.2 Å². The smallest absolute Gasteiger partial charge is 0.316 e. The van der Waals surface area contributed by atoms with Crippen molar-refractivity contribution < 1.29 is 9.53 Å². The lowest BCUT2D eigenvalue weighted by Crippen LogP contribution is -2.23. The molecule has 0 unspecified atom stereocenters. The van der Waals surface area contributed by atoms with Crippen LogP contribution < -0.4 is 4.90 Å². The van der Waals surface area contributed by atoms with Crippen LogP contribution in [0.2, 0.25) is 0 Å². The molecule has 0 aliphatic heterocycles. The van der Waals surface area contributed by atoms with Gasteiger partial charge in [-0.15, -0.1) is 0 Å². The lowest BCUT2D eigenvalue weighted by molar-refractivity contribution is -0.137. The van der Waals surface area contributed by atoms with Crippen LogP contribution in [0.5, 0.6) is 0 Å². The monoisotopic (exact) mass is 269 g/mol. The number of nitrogens with zero attached hydrogens (tertiary/aromatic N) is 3. The van der Waals surface area contributed by atoms with E-state index >= 15 is 0 Å². The van der Waals surface area contributed by atoms with Gasteiger partial charge in [-0.2, -0.15) is 0 Å². The van der Waals surface area contributed by atoms with Gasteiger partial charge in [-0.05, 0) is 20.8 Å². The second kappa shape index (κ2) is 7.20. The summed E-state index contributed by atoms with van der Waals surface area (Å²) in [5.41, 5.74) is 0.902. The number of rotatable bonds is 6. The van der Waals surface area contributed by atoms with E-state index in [0.717, 1.165) is 24.6 Å². The van der Waals surface area contributed by atoms with Crippen LogP contribution in [0.4, 0.5) is 5.82 Å². The van der Waals surface area contributed by atoms with Gasteiger partial charge in [-0.1, -0.05) is 11.8 Å². The second-order valence-electron chi connectivity index (χ2n) is 3.69. The van der Waals surface area contributed by atoms with E-state index < -0.39 is 0 Å². The van der Waals surface area contributed by atoms with E-state index in [4.69, 9.17) is 0 Å². The largest absolute Gasteiger partial charge is 0.468 e. The van der Waals surface area contributed by atoms with Gasteiger partial charge in [-0.3, -0.25) is 4.79 Å². The number of methoxy groups -OCH3 is 1. The van der Waals surface area contributed by atoms with Crippen LogP contribution in [-0.2, 0) is 9.53 Å². The van der Waals surface area contributed by atoms with Gasteiger partial charge in [0.25, 0.3) is 0 Å². The van der Waals surface area contributed by atoms with Gasteiger partial charge in [0.1, 0.15) is 5.82 Å². The second-order valence-corrected chi connectivity index (χ2v) is 4.63. The highest BCUT2D eigenvalue weighted by Crippen LogP contribution is 2.19. The highest BCUT2D eigenvalue weighted by molar-refractivity contribution is 7.99. The molecule has 0 amide bonds. The molecule has 0 fully saturated rings. The first-order chi connectivity index (χ1) is 8.60. The van der Waals surface area contributed by atoms with Crippen LogP contribution >= 0.6 is 11.8 Å². The molecule has 0 radical (unpaired) electrons. The standard InChI is InChI=1S/C12H19N3O2S/c1-5-15(6-2)10-7-9(3)13-12(14-10)18-8-11(16)17-4/h7H,5-6,8H2,1-4H3. The van der Waals surface area contributed by atoms with Crippen molar-refractivity contribution in [3.05, 3.63) is 11.8 Å². The number of carbonyl (C=O) groups is 1. The van der Waals surface area contributed by atoms with Gasteiger partial charge in [-0.25, -0.2) is 9.97 Å². The van der Waals surface area contributed by atoms with Gasteiger partial charge in [0.05, 0.1) is 12.9 Å². The van der Waals surface area contributed by atoms with Crippen LogP contribution in [0.1, 0.15) is 19.5 Å². The van der Waals surface area contributed by atoms with Crippen molar-refractivity contribution in [2.24, 2.45) is 0 Å². The summed E-state index contributed by atoms with van der Waals surface area (Å²) < 4.78 is 4.60. The third kappa shape index (κ3) is 4.18. The Labute approximate surface area is 112 Å².